The lowest BCUT2D eigenvalue weighted by molar-refractivity contribution is -0.131. The summed E-state index contributed by atoms with van der Waals surface area (Å²) in [4.78, 5) is 14.8. The second-order valence-electron chi connectivity index (χ2n) is 7.68. The van der Waals surface area contributed by atoms with Crippen LogP contribution in [0, 0.1) is 5.92 Å². The van der Waals surface area contributed by atoms with Crippen LogP contribution in [0.5, 0.6) is 0 Å². The van der Waals surface area contributed by atoms with Gasteiger partial charge in [-0.05, 0) is 41.5 Å². The molecule has 0 unspecified atom stereocenters. The van der Waals surface area contributed by atoms with Gasteiger partial charge < -0.3 is 4.90 Å². The Morgan fingerprint density at radius 2 is 1.89 bits per heavy atom. The summed E-state index contributed by atoms with van der Waals surface area (Å²) in [6.45, 7) is 1.02. The van der Waals surface area contributed by atoms with Gasteiger partial charge in [0.25, 0.3) is 0 Å². The Morgan fingerprint density at radius 1 is 1.14 bits per heavy atom. The average molecular weight is 419 g/mol. The van der Waals surface area contributed by atoms with Crippen LogP contribution in [0.15, 0.2) is 48.5 Å². The zero-order chi connectivity index (χ0) is 19.9. The minimum atomic E-state index is -3.26. The Kier molecular flexibility index (Phi) is 5.21. The maximum Gasteiger partial charge on any atom is 0.226 e. The van der Waals surface area contributed by atoms with Crippen molar-refractivity contribution in [2.75, 3.05) is 19.3 Å². The van der Waals surface area contributed by atoms with E-state index in [-0.39, 0.29) is 23.8 Å². The van der Waals surface area contributed by atoms with Gasteiger partial charge in [-0.1, -0.05) is 54.1 Å². The van der Waals surface area contributed by atoms with Crippen LogP contribution in [0.4, 0.5) is 0 Å². The highest BCUT2D eigenvalue weighted by atomic mass is 35.5. The second-order valence-corrected chi connectivity index (χ2v) is 9.86. The predicted octanol–water partition coefficient (Wildman–Crippen LogP) is 3.26. The van der Waals surface area contributed by atoms with Gasteiger partial charge >= 0.3 is 0 Å². The molecule has 1 amide bonds. The van der Waals surface area contributed by atoms with E-state index in [2.05, 4.69) is 22.9 Å². The van der Waals surface area contributed by atoms with Crippen molar-refractivity contribution in [2.24, 2.45) is 5.92 Å². The van der Waals surface area contributed by atoms with E-state index < -0.39 is 10.0 Å². The van der Waals surface area contributed by atoms with Crippen molar-refractivity contribution < 1.29 is 13.2 Å². The summed E-state index contributed by atoms with van der Waals surface area (Å²) < 4.78 is 25.5. The number of hydrogen-bond donors (Lipinski definition) is 1. The Labute approximate surface area is 170 Å². The predicted molar refractivity (Wildman–Crippen MR) is 111 cm³/mol. The third-order valence-corrected chi connectivity index (χ3v) is 6.59. The van der Waals surface area contributed by atoms with Crippen molar-refractivity contribution in [3.8, 4) is 11.1 Å². The quantitative estimate of drug-likeness (QED) is 0.810. The van der Waals surface area contributed by atoms with E-state index >= 15 is 0 Å². The lowest BCUT2D eigenvalue weighted by Gasteiger charge is -2.18. The van der Waals surface area contributed by atoms with Crippen LogP contribution in [-0.4, -0.2) is 44.6 Å². The number of benzene rings is 2. The van der Waals surface area contributed by atoms with E-state index in [1.165, 1.54) is 0 Å². The van der Waals surface area contributed by atoms with Gasteiger partial charge in [0.15, 0.2) is 0 Å². The fourth-order valence-electron chi connectivity index (χ4n) is 4.16. The number of rotatable bonds is 5. The highest BCUT2D eigenvalue weighted by molar-refractivity contribution is 7.88. The van der Waals surface area contributed by atoms with E-state index in [0.29, 0.717) is 24.5 Å². The van der Waals surface area contributed by atoms with Crippen LogP contribution in [0.1, 0.15) is 24.3 Å². The first-order chi connectivity index (χ1) is 13.3. The SMILES string of the molecule is CS(=O)(=O)N[C@H]1CCN(C(=O)[C@@H]2C[C@H]2c2c(Cl)cccc2-c2ccccc2)C1. The number of nitrogens with zero attached hydrogens (tertiary/aromatic N) is 1. The number of carbonyl (C=O) groups is 1. The van der Waals surface area contributed by atoms with Crippen molar-refractivity contribution in [1.29, 1.82) is 0 Å². The maximum absolute atomic E-state index is 13.0. The van der Waals surface area contributed by atoms with Crippen molar-refractivity contribution >= 4 is 27.5 Å². The van der Waals surface area contributed by atoms with Crippen LogP contribution >= 0.6 is 11.6 Å². The molecule has 1 heterocycles. The summed E-state index contributed by atoms with van der Waals surface area (Å²) in [6.07, 6.45) is 2.58. The Morgan fingerprint density at radius 3 is 2.61 bits per heavy atom. The molecule has 2 fully saturated rings. The van der Waals surface area contributed by atoms with Gasteiger partial charge in [-0.15, -0.1) is 0 Å². The van der Waals surface area contributed by atoms with Gasteiger partial charge in [0, 0.05) is 30.1 Å². The zero-order valence-electron chi connectivity index (χ0n) is 15.6. The first kappa shape index (κ1) is 19.4. The zero-order valence-corrected chi connectivity index (χ0v) is 17.2. The molecule has 1 saturated carbocycles. The lowest BCUT2D eigenvalue weighted by atomic mass is 9.95. The number of carbonyl (C=O) groups excluding carboxylic acids is 1. The molecule has 0 aromatic heterocycles. The molecule has 0 bridgehead atoms. The average Bonchev–Trinajstić information content (AvgIpc) is 3.31. The van der Waals surface area contributed by atoms with Gasteiger partial charge in [-0.2, -0.15) is 0 Å². The van der Waals surface area contributed by atoms with Crippen molar-refractivity contribution in [3.05, 3.63) is 59.1 Å². The molecule has 0 radical (unpaired) electrons. The number of hydrogen-bond acceptors (Lipinski definition) is 3. The van der Waals surface area contributed by atoms with E-state index in [9.17, 15) is 13.2 Å². The first-order valence-electron chi connectivity index (χ1n) is 9.43. The van der Waals surface area contributed by atoms with E-state index in [0.717, 1.165) is 29.4 Å². The minimum Gasteiger partial charge on any atom is -0.341 e. The molecule has 1 aliphatic carbocycles. The molecule has 2 aliphatic rings. The number of nitrogens with one attached hydrogen (secondary N) is 1. The standard InChI is InChI=1S/C21H23ClN2O3S/c1-28(26,27)23-15-10-11-24(13-15)21(25)18-12-17(18)20-16(8-5-9-19(20)22)14-6-3-2-4-7-14/h2-9,15,17-18,23H,10-13H2,1H3/t15-,17+,18+/m0/s1. The molecule has 0 spiro atoms. The Hall–Kier alpha value is -1.89. The summed E-state index contributed by atoms with van der Waals surface area (Å²) >= 11 is 6.54. The highest BCUT2D eigenvalue weighted by Crippen LogP contribution is 2.53. The number of amides is 1. The molecule has 148 valence electrons. The third kappa shape index (κ3) is 4.09. The molecule has 4 rings (SSSR count). The second kappa shape index (κ2) is 7.50. The first-order valence-corrected chi connectivity index (χ1v) is 11.7. The summed E-state index contributed by atoms with van der Waals surface area (Å²) in [6, 6.07) is 15.7. The number of halogens is 1. The molecular weight excluding hydrogens is 396 g/mol. The summed E-state index contributed by atoms with van der Waals surface area (Å²) in [7, 11) is -3.26. The normalized spacial score (nSPS) is 24.4. The molecule has 1 saturated heterocycles. The van der Waals surface area contributed by atoms with E-state index in [1.54, 1.807) is 4.90 Å². The van der Waals surface area contributed by atoms with Gasteiger partial charge in [0.05, 0.1) is 6.26 Å². The summed E-state index contributed by atoms with van der Waals surface area (Å²) in [5.74, 6) is 0.124. The number of sulfonamides is 1. The molecule has 2 aromatic carbocycles. The van der Waals surface area contributed by atoms with Crippen molar-refractivity contribution in [1.82, 2.24) is 9.62 Å². The van der Waals surface area contributed by atoms with Crippen molar-refractivity contribution in [3.63, 3.8) is 0 Å². The number of likely N-dealkylation sites (tertiary alicyclic amines) is 1. The van der Waals surface area contributed by atoms with Crippen LogP contribution in [-0.2, 0) is 14.8 Å². The topological polar surface area (TPSA) is 66.5 Å². The van der Waals surface area contributed by atoms with E-state index in [4.69, 9.17) is 11.6 Å². The van der Waals surface area contributed by atoms with E-state index in [1.807, 2.05) is 30.3 Å². The largest absolute Gasteiger partial charge is 0.341 e. The summed E-state index contributed by atoms with van der Waals surface area (Å²) in [5.41, 5.74) is 3.21. The third-order valence-electron chi connectivity index (χ3n) is 5.50. The van der Waals surface area contributed by atoms with Crippen LogP contribution in [0.2, 0.25) is 5.02 Å². The Bertz CT molecular complexity index is 994. The highest BCUT2D eigenvalue weighted by Gasteiger charge is 2.48. The molecule has 3 atom stereocenters. The smallest absolute Gasteiger partial charge is 0.226 e. The molecule has 2 aromatic rings. The van der Waals surface area contributed by atoms with Gasteiger partial charge in [-0.3, -0.25) is 4.79 Å². The van der Waals surface area contributed by atoms with Crippen LogP contribution < -0.4 is 4.72 Å². The molecule has 1 N–H and O–H groups in total. The van der Waals surface area contributed by atoms with Crippen LogP contribution in [0.3, 0.4) is 0 Å². The van der Waals surface area contributed by atoms with Gasteiger partial charge in [0.1, 0.15) is 0 Å². The monoisotopic (exact) mass is 418 g/mol. The Balaban J connectivity index is 1.50. The molecule has 7 heteroatoms. The van der Waals surface area contributed by atoms with Gasteiger partial charge in [0.2, 0.25) is 15.9 Å². The van der Waals surface area contributed by atoms with Crippen molar-refractivity contribution in [2.45, 2.75) is 24.8 Å². The van der Waals surface area contributed by atoms with Gasteiger partial charge in [-0.25, -0.2) is 13.1 Å². The lowest BCUT2D eigenvalue weighted by Crippen LogP contribution is -2.38. The minimum absolute atomic E-state index is 0.0839. The fraction of sp³-hybridized carbons (Fsp3) is 0.381. The molecule has 1 aliphatic heterocycles. The maximum atomic E-state index is 13.0. The fourth-order valence-corrected chi connectivity index (χ4v) is 5.28. The van der Waals surface area contributed by atoms with Crippen LogP contribution in [0.25, 0.3) is 11.1 Å². The molecule has 5 nitrogen and oxygen atoms in total. The summed E-state index contributed by atoms with van der Waals surface area (Å²) in [5, 5.41) is 0.694. The molecule has 28 heavy (non-hydrogen) atoms. The molecular formula is C21H23ClN2O3S.